The molecule has 0 aromatic carbocycles. The molecule has 0 radical (unpaired) electrons. The number of amides is 1. The van der Waals surface area contributed by atoms with Crippen molar-refractivity contribution in [3.8, 4) is 0 Å². The summed E-state index contributed by atoms with van der Waals surface area (Å²) in [5, 5.41) is 2.91. The number of aromatic nitrogens is 1. The molecule has 1 aromatic rings. The van der Waals surface area contributed by atoms with Gasteiger partial charge >= 0.3 is 0 Å². The van der Waals surface area contributed by atoms with Gasteiger partial charge in [-0.2, -0.15) is 0 Å². The van der Waals surface area contributed by atoms with Gasteiger partial charge in [0.1, 0.15) is 5.82 Å². The molecule has 4 nitrogen and oxygen atoms in total. The molecule has 0 bridgehead atoms. The summed E-state index contributed by atoms with van der Waals surface area (Å²) in [5.74, 6) is 1.42. The monoisotopic (exact) mass is 325 g/mol. The number of hydrogen-bond acceptors (Lipinski definition) is 3. The number of nitrogens with two attached hydrogens (primary N) is 1. The SMILES string of the molecule is Cc1nc(NC(=O)C2CCC(CN)CC2)ccc1Br. The molecule has 104 valence electrons. The van der Waals surface area contributed by atoms with Gasteiger partial charge in [0, 0.05) is 10.4 Å². The first kappa shape index (κ1) is 14.5. The molecule has 0 saturated heterocycles. The molecule has 3 N–H and O–H groups in total. The third-order valence-electron chi connectivity index (χ3n) is 3.82. The Kier molecular flexibility index (Phi) is 4.93. The highest BCUT2D eigenvalue weighted by Gasteiger charge is 2.25. The lowest BCUT2D eigenvalue weighted by Crippen LogP contribution is -2.29. The van der Waals surface area contributed by atoms with Crippen molar-refractivity contribution in [3.05, 3.63) is 22.3 Å². The minimum atomic E-state index is 0.0877. The van der Waals surface area contributed by atoms with Crippen LogP contribution >= 0.6 is 15.9 Å². The predicted octanol–water partition coefficient (Wildman–Crippen LogP) is 2.86. The number of pyridine rings is 1. The molecule has 0 spiro atoms. The lowest BCUT2D eigenvalue weighted by Gasteiger charge is -2.26. The van der Waals surface area contributed by atoms with Crippen LogP contribution < -0.4 is 11.1 Å². The maximum atomic E-state index is 12.2. The third-order valence-corrected chi connectivity index (χ3v) is 4.66. The zero-order chi connectivity index (χ0) is 13.8. The average molecular weight is 326 g/mol. The van der Waals surface area contributed by atoms with Gasteiger partial charge in [0.15, 0.2) is 0 Å². The lowest BCUT2D eigenvalue weighted by atomic mass is 9.81. The predicted molar refractivity (Wildman–Crippen MR) is 79.8 cm³/mol. The fourth-order valence-corrected chi connectivity index (χ4v) is 2.72. The van der Waals surface area contributed by atoms with Crippen molar-refractivity contribution in [1.29, 1.82) is 0 Å². The molecule has 5 heteroatoms. The highest BCUT2D eigenvalue weighted by Crippen LogP contribution is 2.29. The molecule has 1 heterocycles. The standard InChI is InChI=1S/C14H20BrN3O/c1-9-12(15)6-7-13(17-9)18-14(19)11-4-2-10(8-16)3-5-11/h6-7,10-11H,2-5,8,16H2,1H3,(H,17,18,19). The summed E-state index contributed by atoms with van der Waals surface area (Å²) in [6.45, 7) is 2.65. The molecule has 1 fully saturated rings. The molecule has 1 aromatic heterocycles. The van der Waals surface area contributed by atoms with E-state index in [9.17, 15) is 4.79 Å². The number of nitrogens with zero attached hydrogens (tertiary/aromatic N) is 1. The minimum absolute atomic E-state index is 0.0877. The number of carbonyl (C=O) groups excluding carboxylic acids is 1. The van der Waals surface area contributed by atoms with E-state index in [4.69, 9.17) is 5.73 Å². The van der Waals surface area contributed by atoms with Crippen LogP contribution in [0.25, 0.3) is 0 Å². The molecule has 0 atom stereocenters. The van der Waals surface area contributed by atoms with Gasteiger partial charge in [-0.15, -0.1) is 0 Å². The summed E-state index contributed by atoms with van der Waals surface area (Å²) in [4.78, 5) is 16.5. The van der Waals surface area contributed by atoms with E-state index in [0.717, 1.165) is 42.4 Å². The number of anilines is 1. The Hall–Kier alpha value is -0.940. The number of rotatable bonds is 3. The fraction of sp³-hybridized carbons (Fsp3) is 0.571. The van der Waals surface area contributed by atoms with Crippen LogP contribution in [0.4, 0.5) is 5.82 Å². The molecular formula is C14H20BrN3O. The fourth-order valence-electron chi connectivity index (χ4n) is 2.50. The van der Waals surface area contributed by atoms with Crippen LogP contribution in [0.3, 0.4) is 0 Å². The topological polar surface area (TPSA) is 68.0 Å². The van der Waals surface area contributed by atoms with E-state index >= 15 is 0 Å². The highest BCUT2D eigenvalue weighted by atomic mass is 79.9. The highest BCUT2D eigenvalue weighted by molar-refractivity contribution is 9.10. The zero-order valence-corrected chi connectivity index (χ0v) is 12.7. The summed E-state index contributed by atoms with van der Waals surface area (Å²) in [6.07, 6.45) is 3.98. The Labute approximate surface area is 122 Å². The summed E-state index contributed by atoms with van der Waals surface area (Å²) in [6, 6.07) is 3.73. The Morgan fingerprint density at radius 1 is 1.42 bits per heavy atom. The minimum Gasteiger partial charge on any atom is -0.330 e. The Bertz CT molecular complexity index is 456. The first-order chi connectivity index (χ1) is 9.10. The second-order valence-electron chi connectivity index (χ2n) is 5.21. The van der Waals surface area contributed by atoms with Gasteiger partial charge < -0.3 is 11.1 Å². The van der Waals surface area contributed by atoms with E-state index < -0.39 is 0 Å². The molecular weight excluding hydrogens is 306 g/mol. The lowest BCUT2D eigenvalue weighted by molar-refractivity contribution is -0.121. The van der Waals surface area contributed by atoms with Crippen LogP contribution in [-0.4, -0.2) is 17.4 Å². The summed E-state index contributed by atoms with van der Waals surface area (Å²) in [5.41, 5.74) is 6.54. The number of hydrogen-bond donors (Lipinski definition) is 2. The van der Waals surface area contributed by atoms with E-state index in [1.807, 2.05) is 19.1 Å². The maximum absolute atomic E-state index is 12.2. The summed E-state index contributed by atoms with van der Waals surface area (Å²) < 4.78 is 0.953. The van der Waals surface area contributed by atoms with Crippen molar-refractivity contribution in [3.63, 3.8) is 0 Å². The van der Waals surface area contributed by atoms with Gasteiger partial charge in [-0.25, -0.2) is 4.98 Å². The smallest absolute Gasteiger partial charge is 0.228 e. The molecule has 19 heavy (non-hydrogen) atoms. The Morgan fingerprint density at radius 3 is 2.68 bits per heavy atom. The molecule has 1 aliphatic rings. The van der Waals surface area contributed by atoms with Crippen LogP contribution in [0.2, 0.25) is 0 Å². The van der Waals surface area contributed by atoms with Gasteiger partial charge in [0.25, 0.3) is 0 Å². The van der Waals surface area contributed by atoms with Crippen molar-refractivity contribution in [2.24, 2.45) is 17.6 Å². The Balaban J connectivity index is 1.92. The van der Waals surface area contributed by atoms with E-state index in [0.29, 0.717) is 11.7 Å². The third kappa shape index (κ3) is 3.76. The van der Waals surface area contributed by atoms with Crippen LogP contribution in [0.1, 0.15) is 31.4 Å². The largest absolute Gasteiger partial charge is 0.330 e. The first-order valence-electron chi connectivity index (χ1n) is 6.74. The number of halogens is 1. The first-order valence-corrected chi connectivity index (χ1v) is 7.53. The van der Waals surface area contributed by atoms with Crippen molar-refractivity contribution < 1.29 is 4.79 Å². The van der Waals surface area contributed by atoms with Crippen LogP contribution in [-0.2, 0) is 4.79 Å². The van der Waals surface area contributed by atoms with Crippen molar-refractivity contribution in [1.82, 2.24) is 4.98 Å². The van der Waals surface area contributed by atoms with Crippen LogP contribution in [0, 0.1) is 18.8 Å². The van der Waals surface area contributed by atoms with E-state index in [2.05, 4.69) is 26.2 Å². The van der Waals surface area contributed by atoms with Gasteiger partial charge in [-0.3, -0.25) is 4.79 Å². The van der Waals surface area contributed by atoms with E-state index in [-0.39, 0.29) is 11.8 Å². The quantitative estimate of drug-likeness (QED) is 0.897. The molecule has 0 unspecified atom stereocenters. The Morgan fingerprint density at radius 2 is 2.11 bits per heavy atom. The van der Waals surface area contributed by atoms with E-state index in [1.165, 1.54) is 0 Å². The molecule has 1 aliphatic carbocycles. The normalized spacial score (nSPS) is 23.1. The maximum Gasteiger partial charge on any atom is 0.228 e. The van der Waals surface area contributed by atoms with Gasteiger partial charge in [0.05, 0.1) is 5.69 Å². The van der Waals surface area contributed by atoms with Crippen molar-refractivity contribution in [2.45, 2.75) is 32.6 Å². The molecule has 2 rings (SSSR count). The van der Waals surface area contributed by atoms with Gasteiger partial charge in [-0.05, 0) is 73.1 Å². The van der Waals surface area contributed by atoms with Crippen molar-refractivity contribution >= 4 is 27.7 Å². The number of nitrogens with one attached hydrogen (secondary N) is 1. The van der Waals surface area contributed by atoms with Gasteiger partial charge in [0.2, 0.25) is 5.91 Å². The molecule has 1 amide bonds. The van der Waals surface area contributed by atoms with Gasteiger partial charge in [-0.1, -0.05) is 0 Å². The molecule has 1 saturated carbocycles. The number of carbonyl (C=O) groups is 1. The zero-order valence-electron chi connectivity index (χ0n) is 11.2. The summed E-state index contributed by atoms with van der Waals surface area (Å²) in [7, 11) is 0. The second-order valence-corrected chi connectivity index (χ2v) is 6.06. The van der Waals surface area contributed by atoms with Crippen molar-refractivity contribution in [2.75, 3.05) is 11.9 Å². The van der Waals surface area contributed by atoms with Crippen LogP contribution in [0.5, 0.6) is 0 Å². The molecule has 0 aliphatic heterocycles. The van der Waals surface area contributed by atoms with Crippen LogP contribution in [0.15, 0.2) is 16.6 Å². The second kappa shape index (κ2) is 6.48. The average Bonchev–Trinajstić information content (AvgIpc) is 2.43. The van der Waals surface area contributed by atoms with E-state index in [1.54, 1.807) is 0 Å². The summed E-state index contributed by atoms with van der Waals surface area (Å²) >= 11 is 3.40. The number of aryl methyl sites for hydroxylation is 1.